The van der Waals surface area contributed by atoms with Gasteiger partial charge in [-0.15, -0.1) is 0 Å². The molecule has 1 aliphatic heterocycles. The van der Waals surface area contributed by atoms with Crippen LogP contribution < -0.4 is 0 Å². The van der Waals surface area contributed by atoms with Gasteiger partial charge in [0.2, 0.25) is 0 Å². The smallest absolute Gasteiger partial charge is 0.259 e. The lowest BCUT2D eigenvalue weighted by atomic mass is 9.97. The van der Waals surface area contributed by atoms with E-state index in [1.165, 1.54) is 26.0 Å². The second kappa shape index (κ2) is 4.91. The van der Waals surface area contributed by atoms with Crippen LogP contribution in [0.4, 0.5) is 8.78 Å². The van der Waals surface area contributed by atoms with Gasteiger partial charge in [0.25, 0.3) is 5.91 Å². The average Bonchev–Trinajstić information content (AvgIpc) is 2.70. The number of hydrogen-bond donors (Lipinski definition) is 0. The molecule has 1 aromatic carbocycles. The second-order valence-electron chi connectivity index (χ2n) is 5.76. The molecular weight excluding hydrogens is 248 g/mol. The van der Waals surface area contributed by atoms with E-state index in [-0.39, 0.29) is 17.8 Å². The van der Waals surface area contributed by atoms with Gasteiger partial charge in [-0.3, -0.25) is 4.79 Å². The highest BCUT2D eigenvalue weighted by atomic mass is 19.1. The minimum atomic E-state index is -1.84. The monoisotopic (exact) mass is 267 g/mol. The van der Waals surface area contributed by atoms with Crippen molar-refractivity contribution >= 4 is 5.91 Å². The summed E-state index contributed by atoms with van der Waals surface area (Å²) in [6.45, 7) is 4.99. The summed E-state index contributed by atoms with van der Waals surface area (Å²) in [4.78, 5) is 13.6. The van der Waals surface area contributed by atoms with E-state index in [4.69, 9.17) is 0 Å². The van der Waals surface area contributed by atoms with Gasteiger partial charge in [0.15, 0.2) is 5.67 Å². The van der Waals surface area contributed by atoms with Crippen molar-refractivity contribution in [3.8, 4) is 0 Å². The Labute approximate surface area is 112 Å². The van der Waals surface area contributed by atoms with Crippen LogP contribution in [0, 0.1) is 5.82 Å². The summed E-state index contributed by atoms with van der Waals surface area (Å²) in [5.74, 6) is -0.584. The molecule has 19 heavy (non-hydrogen) atoms. The largest absolute Gasteiger partial charge is 0.337 e. The maximum atomic E-state index is 13.7. The fourth-order valence-corrected chi connectivity index (χ4v) is 2.63. The minimum absolute atomic E-state index is 0.0116. The van der Waals surface area contributed by atoms with Crippen molar-refractivity contribution in [1.29, 1.82) is 0 Å². The fourth-order valence-electron chi connectivity index (χ4n) is 2.63. The summed E-state index contributed by atoms with van der Waals surface area (Å²) in [7, 11) is 0. The Bertz CT molecular complexity index is 464. The van der Waals surface area contributed by atoms with Crippen molar-refractivity contribution in [2.24, 2.45) is 0 Å². The maximum absolute atomic E-state index is 13.7. The second-order valence-corrected chi connectivity index (χ2v) is 5.76. The van der Waals surface area contributed by atoms with E-state index in [0.29, 0.717) is 6.54 Å². The van der Waals surface area contributed by atoms with E-state index in [2.05, 4.69) is 0 Å². The van der Waals surface area contributed by atoms with Crippen LogP contribution in [0.25, 0.3) is 0 Å². The zero-order valence-electron chi connectivity index (χ0n) is 11.5. The molecule has 0 aromatic heterocycles. The predicted octanol–water partition coefficient (Wildman–Crippen LogP) is 3.28. The molecule has 1 saturated heterocycles. The van der Waals surface area contributed by atoms with Crippen molar-refractivity contribution in [2.75, 3.05) is 6.54 Å². The van der Waals surface area contributed by atoms with Gasteiger partial charge in [0.1, 0.15) is 5.82 Å². The van der Waals surface area contributed by atoms with Crippen LogP contribution in [0.1, 0.15) is 38.7 Å². The summed E-state index contributed by atoms with van der Waals surface area (Å²) in [6.07, 6.45) is 0.785. The van der Waals surface area contributed by atoms with Crippen LogP contribution >= 0.6 is 0 Å². The molecule has 1 heterocycles. The third-order valence-electron chi connectivity index (χ3n) is 3.69. The summed E-state index contributed by atoms with van der Waals surface area (Å²) in [6, 6.07) is 6.33. The Balaban J connectivity index is 2.13. The lowest BCUT2D eigenvalue weighted by molar-refractivity contribution is -0.142. The highest BCUT2D eigenvalue weighted by Crippen LogP contribution is 2.33. The predicted molar refractivity (Wildman–Crippen MR) is 70.1 cm³/mol. The Morgan fingerprint density at radius 2 is 1.89 bits per heavy atom. The topological polar surface area (TPSA) is 20.3 Å². The zero-order valence-corrected chi connectivity index (χ0v) is 11.5. The molecule has 4 heteroatoms. The number of carbonyl (C=O) groups is 1. The number of rotatable bonds is 2. The fraction of sp³-hybridized carbons (Fsp3) is 0.533. The van der Waals surface area contributed by atoms with Crippen molar-refractivity contribution in [3.63, 3.8) is 0 Å². The Hall–Kier alpha value is -1.45. The van der Waals surface area contributed by atoms with Crippen molar-refractivity contribution in [3.05, 3.63) is 35.6 Å². The maximum Gasteiger partial charge on any atom is 0.259 e. The molecule has 2 rings (SSSR count). The average molecular weight is 267 g/mol. The molecule has 1 aromatic rings. The summed E-state index contributed by atoms with van der Waals surface area (Å²) in [5, 5.41) is 0. The highest BCUT2D eigenvalue weighted by molar-refractivity contribution is 5.84. The molecule has 0 spiro atoms. The summed E-state index contributed by atoms with van der Waals surface area (Å²) < 4.78 is 26.6. The molecule has 0 aliphatic carbocycles. The highest BCUT2D eigenvalue weighted by Gasteiger charge is 2.39. The van der Waals surface area contributed by atoms with E-state index in [9.17, 15) is 13.6 Å². The first-order chi connectivity index (χ1) is 8.79. The van der Waals surface area contributed by atoms with Crippen LogP contribution in [0.5, 0.6) is 0 Å². The zero-order chi connectivity index (χ0) is 14.2. The van der Waals surface area contributed by atoms with Gasteiger partial charge in [-0.25, -0.2) is 8.78 Å². The molecule has 1 aliphatic rings. The molecule has 0 bridgehead atoms. The van der Waals surface area contributed by atoms with Crippen LogP contribution in [-0.4, -0.2) is 29.1 Å². The molecule has 0 N–H and O–H groups in total. The summed E-state index contributed by atoms with van der Waals surface area (Å²) in [5.41, 5.74) is -0.841. The standard InChI is InChI=1S/C15H19F2NO/c1-10-8-12(11-4-6-13(16)7-5-11)9-18(10)14(19)15(2,3)17/h4-7,10,12H,8-9H2,1-3H3/t10-,12-/m0/s1. The van der Waals surface area contributed by atoms with Gasteiger partial charge < -0.3 is 4.90 Å². The first-order valence-corrected chi connectivity index (χ1v) is 6.54. The van der Waals surface area contributed by atoms with Crippen LogP contribution in [-0.2, 0) is 4.79 Å². The summed E-state index contributed by atoms with van der Waals surface area (Å²) >= 11 is 0. The Kier molecular flexibility index (Phi) is 3.61. The van der Waals surface area contributed by atoms with E-state index >= 15 is 0 Å². The van der Waals surface area contributed by atoms with Gasteiger partial charge in [-0.05, 0) is 44.9 Å². The van der Waals surface area contributed by atoms with Crippen LogP contribution in [0.2, 0.25) is 0 Å². The van der Waals surface area contributed by atoms with Gasteiger partial charge in [-0.2, -0.15) is 0 Å². The molecule has 0 saturated carbocycles. The quantitative estimate of drug-likeness (QED) is 0.805. The number of carbonyl (C=O) groups excluding carboxylic acids is 1. The number of likely N-dealkylation sites (tertiary alicyclic amines) is 1. The lowest BCUT2D eigenvalue weighted by Gasteiger charge is -2.26. The lowest BCUT2D eigenvalue weighted by Crippen LogP contribution is -2.44. The number of halogens is 2. The molecule has 2 nitrogen and oxygen atoms in total. The number of hydrogen-bond acceptors (Lipinski definition) is 1. The van der Waals surface area contributed by atoms with Gasteiger partial charge in [0.05, 0.1) is 0 Å². The van der Waals surface area contributed by atoms with Crippen LogP contribution in [0.15, 0.2) is 24.3 Å². The molecule has 1 amide bonds. The minimum Gasteiger partial charge on any atom is -0.337 e. The SMILES string of the molecule is C[C@H]1C[C@H](c2ccc(F)cc2)CN1C(=O)C(C)(C)F. The van der Waals surface area contributed by atoms with E-state index < -0.39 is 11.6 Å². The number of benzene rings is 1. The number of amides is 1. The molecule has 1 fully saturated rings. The van der Waals surface area contributed by atoms with Crippen molar-refractivity contribution in [1.82, 2.24) is 4.90 Å². The Morgan fingerprint density at radius 3 is 2.42 bits per heavy atom. The first kappa shape index (κ1) is 14.0. The third kappa shape index (κ3) is 2.94. The van der Waals surface area contributed by atoms with Gasteiger partial charge in [-0.1, -0.05) is 12.1 Å². The van der Waals surface area contributed by atoms with Gasteiger partial charge in [0, 0.05) is 18.5 Å². The van der Waals surface area contributed by atoms with E-state index in [1.807, 2.05) is 6.92 Å². The molecule has 0 unspecified atom stereocenters. The number of nitrogens with zero attached hydrogens (tertiary/aromatic N) is 1. The molecule has 0 radical (unpaired) electrons. The third-order valence-corrected chi connectivity index (χ3v) is 3.69. The first-order valence-electron chi connectivity index (χ1n) is 6.54. The normalized spacial score (nSPS) is 23.7. The van der Waals surface area contributed by atoms with Crippen LogP contribution in [0.3, 0.4) is 0 Å². The van der Waals surface area contributed by atoms with Gasteiger partial charge >= 0.3 is 0 Å². The molecular formula is C15H19F2NO. The molecule has 2 atom stereocenters. The number of alkyl halides is 1. The Morgan fingerprint density at radius 1 is 1.32 bits per heavy atom. The van der Waals surface area contributed by atoms with Crippen molar-refractivity contribution in [2.45, 2.75) is 44.8 Å². The van der Waals surface area contributed by atoms with Crippen molar-refractivity contribution < 1.29 is 13.6 Å². The molecule has 104 valence electrons. The van der Waals surface area contributed by atoms with E-state index in [1.54, 1.807) is 17.0 Å². The van der Waals surface area contributed by atoms with E-state index in [0.717, 1.165) is 12.0 Å².